The first-order chi connectivity index (χ1) is 12.9. The lowest BCUT2D eigenvalue weighted by Crippen LogP contribution is -2.28. The monoisotopic (exact) mass is 404 g/mol. The largest absolute Gasteiger partial charge is 0.483 e. The number of carboxylic acids is 1. The number of nitrogens with zero attached hydrogens (tertiary/aromatic N) is 1. The number of carboxylic acid groups (broad SMARTS) is 1. The Bertz CT molecular complexity index is 1010. The van der Waals surface area contributed by atoms with Gasteiger partial charge < -0.3 is 15.2 Å². The molecule has 6 nitrogen and oxygen atoms in total. The average molecular weight is 405 g/mol. The molecule has 0 spiro atoms. The second-order valence-corrected chi connectivity index (χ2v) is 6.53. The van der Waals surface area contributed by atoms with E-state index in [1.807, 2.05) is 0 Å². The lowest BCUT2D eigenvalue weighted by molar-refractivity contribution is -0.123. The van der Waals surface area contributed by atoms with Gasteiger partial charge in [0.25, 0.3) is 5.91 Å². The maximum atomic E-state index is 12.1. The van der Waals surface area contributed by atoms with E-state index < -0.39 is 5.97 Å². The molecule has 0 saturated heterocycles. The van der Waals surface area contributed by atoms with E-state index in [0.717, 1.165) is 5.56 Å². The highest BCUT2D eigenvalue weighted by Gasteiger charge is 2.15. The van der Waals surface area contributed by atoms with Crippen LogP contribution in [0.5, 0.6) is 5.75 Å². The highest BCUT2D eigenvalue weighted by Crippen LogP contribution is 2.36. The predicted octanol–water partition coefficient (Wildman–Crippen LogP) is 3.94. The van der Waals surface area contributed by atoms with E-state index in [1.165, 1.54) is 18.2 Å². The Morgan fingerprint density at radius 2 is 1.85 bits per heavy atom. The number of fused-ring (bicyclic) bond motifs is 1. The molecule has 0 aliphatic heterocycles. The third-order valence-electron chi connectivity index (χ3n) is 3.77. The zero-order valence-electron chi connectivity index (χ0n) is 13.9. The normalized spacial score (nSPS) is 10.6. The van der Waals surface area contributed by atoms with Gasteiger partial charge in [-0.25, -0.2) is 4.79 Å². The number of nitrogens with one attached hydrogen (secondary N) is 1. The lowest BCUT2D eigenvalue weighted by Gasteiger charge is -2.12. The molecule has 0 saturated carbocycles. The molecule has 3 rings (SSSR count). The van der Waals surface area contributed by atoms with E-state index >= 15 is 0 Å². The first-order valence-corrected chi connectivity index (χ1v) is 8.64. The van der Waals surface area contributed by atoms with Gasteiger partial charge in [0.15, 0.2) is 6.61 Å². The number of hydrogen-bond acceptors (Lipinski definition) is 4. The summed E-state index contributed by atoms with van der Waals surface area (Å²) in [7, 11) is 0. The molecule has 0 unspecified atom stereocenters. The van der Waals surface area contributed by atoms with Crippen LogP contribution in [0.3, 0.4) is 0 Å². The first-order valence-electron chi connectivity index (χ1n) is 7.88. The van der Waals surface area contributed by atoms with Crippen LogP contribution >= 0.6 is 23.2 Å². The van der Waals surface area contributed by atoms with Crippen molar-refractivity contribution < 1.29 is 19.4 Å². The number of carbonyl (C=O) groups is 2. The number of hydrogen-bond donors (Lipinski definition) is 2. The molecule has 1 aromatic heterocycles. The van der Waals surface area contributed by atoms with Gasteiger partial charge in [0.05, 0.1) is 10.6 Å². The van der Waals surface area contributed by atoms with Crippen molar-refractivity contribution in [3.8, 4) is 5.75 Å². The van der Waals surface area contributed by atoms with Crippen LogP contribution in [0.2, 0.25) is 10.0 Å². The van der Waals surface area contributed by atoms with Crippen molar-refractivity contribution in [3.05, 3.63) is 70.0 Å². The third kappa shape index (κ3) is 4.67. The van der Waals surface area contributed by atoms with Crippen LogP contribution in [0.15, 0.2) is 48.8 Å². The Hall–Kier alpha value is -2.83. The fourth-order valence-corrected chi connectivity index (χ4v) is 3.13. The molecule has 0 fully saturated rings. The SMILES string of the molecule is O=C(COc1cc(C(=O)O)cc2cc(Cl)cc(Cl)c12)NCc1ccncc1. The summed E-state index contributed by atoms with van der Waals surface area (Å²) in [5.74, 6) is -1.28. The second-order valence-electron chi connectivity index (χ2n) is 5.69. The van der Waals surface area contributed by atoms with Crippen molar-refractivity contribution in [3.63, 3.8) is 0 Å². The van der Waals surface area contributed by atoms with E-state index in [2.05, 4.69) is 10.3 Å². The van der Waals surface area contributed by atoms with E-state index in [-0.39, 0.29) is 23.8 Å². The van der Waals surface area contributed by atoms with Crippen LogP contribution in [0.4, 0.5) is 0 Å². The number of halogens is 2. The Labute approximate surface area is 164 Å². The molecule has 0 atom stereocenters. The fraction of sp³-hybridized carbons (Fsp3) is 0.105. The fourth-order valence-electron chi connectivity index (χ4n) is 2.52. The number of amides is 1. The molecule has 2 N–H and O–H groups in total. The number of aromatic nitrogens is 1. The minimum absolute atomic E-state index is 0.00743. The minimum atomic E-state index is -1.13. The van der Waals surface area contributed by atoms with Crippen LogP contribution < -0.4 is 10.1 Å². The van der Waals surface area contributed by atoms with E-state index in [1.54, 1.807) is 30.6 Å². The van der Waals surface area contributed by atoms with Crippen molar-refractivity contribution in [1.82, 2.24) is 10.3 Å². The summed E-state index contributed by atoms with van der Waals surface area (Å²) in [4.78, 5) is 27.3. The molecule has 3 aromatic rings. The number of rotatable bonds is 6. The molecule has 1 heterocycles. The number of aromatic carboxylic acids is 1. The van der Waals surface area contributed by atoms with E-state index in [9.17, 15) is 14.7 Å². The van der Waals surface area contributed by atoms with Crippen LogP contribution in [-0.2, 0) is 11.3 Å². The average Bonchev–Trinajstić information content (AvgIpc) is 2.64. The highest BCUT2D eigenvalue weighted by atomic mass is 35.5. The summed E-state index contributed by atoms with van der Waals surface area (Å²) in [5.41, 5.74) is 0.905. The maximum Gasteiger partial charge on any atom is 0.335 e. The van der Waals surface area contributed by atoms with Crippen LogP contribution in [0.25, 0.3) is 10.8 Å². The summed E-state index contributed by atoms with van der Waals surface area (Å²) < 4.78 is 5.57. The third-order valence-corrected chi connectivity index (χ3v) is 4.29. The zero-order valence-corrected chi connectivity index (χ0v) is 15.4. The van der Waals surface area contributed by atoms with Crippen molar-refractivity contribution in [2.45, 2.75) is 6.54 Å². The Kier molecular flexibility index (Phi) is 5.78. The number of benzene rings is 2. The van der Waals surface area contributed by atoms with Gasteiger partial charge in [0, 0.05) is 29.3 Å². The van der Waals surface area contributed by atoms with Crippen molar-refractivity contribution in [2.24, 2.45) is 0 Å². The summed E-state index contributed by atoms with van der Waals surface area (Å²) in [6, 6.07) is 9.48. The molecule has 0 aliphatic carbocycles. The van der Waals surface area contributed by atoms with Crippen molar-refractivity contribution in [2.75, 3.05) is 6.61 Å². The summed E-state index contributed by atoms with van der Waals surface area (Å²) in [6.07, 6.45) is 3.27. The molecule has 0 radical (unpaired) electrons. The van der Waals surface area contributed by atoms with Gasteiger partial charge >= 0.3 is 5.97 Å². The van der Waals surface area contributed by atoms with Gasteiger partial charge in [0.1, 0.15) is 5.75 Å². The summed E-state index contributed by atoms with van der Waals surface area (Å²) in [5, 5.41) is 13.7. The number of carbonyl (C=O) groups excluding carboxylic acids is 1. The van der Waals surface area contributed by atoms with Crippen LogP contribution in [0, 0.1) is 0 Å². The lowest BCUT2D eigenvalue weighted by atomic mass is 10.1. The van der Waals surface area contributed by atoms with Crippen LogP contribution in [-0.4, -0.2) is 28.6 Å². The number of pyridine rings is 1. The quantitative estimate of drug-likeness (QED) is 0.649. The van der Waals surface area contributed by atoms with Crippen molar-refractivity contribution in [1.29, 1.82) is 0 Å². The molecular formula is C19H14Cl2N2O4. The van der Waals surface area contributed by atoms with E-state index in [0.29, 0.717) is 27.4 Å². The highest BCUT2D eigenvalue weighted by molar-refractivity contribution is 6.39. The Morgan fingerprint density at radius 3 is 2.56 bits per heavy atom. The second kappa shape index (κ2) is 8.24. The van der Waals surface area contributed by atoms with Crippen LogP contribution in [0.1, 0.15) is 15.9 Å². The molecule has 0 aliphatic rings. The number of ether oxygens (including phenoxy) is 1. The first kappa shape index (κ1) is 18.9. The van der Waals surface area contributed by atoms with Gasteiger partial charge in [-0.2, -0.15) is 0 Å². The van der Waals surface area contributed by atoms with Gasteiger partial charge in [-0.1, -0.05) is 23.2 Å². The molecule has 8 heteroatoms. The summed E-state index contributed by atoms with van der Waals surface area (Å²) >= 11 is 12.2. The standard InChI is InChI=1S/C19H14Cl2N2O4/c20-14-6-12-5-13(19(25)26)7-16(18(12)15(21)8-14)27-10-17(24)23-9-11-1-3-22-4-2-11/h1-8H,9-10H2,(H,23,24)(H,25,26). The van der Waals surface area contributed by atoms with Gasteiger partial charge in [-0.3, -0.25) is 9.78 Å². The molecule has 27 heavy (non-hydrogen) atoms. The van der Waals surface area contributed by atoms with Crippen molar-refractivity contribution >= 4 is 45.9 Å². The smallest absolute Gasteiger partial charge is 0.335 e. The van der Waals surface area contributed by atoms with E-state index in [4.69, 9.17) is 27.9 Å². The molecule has 138 valence electrons. The van der Waals surface area contributed by atoms with Gasteiger partial charge in [0.2, 0.25) is 0 Å². The van der Waals surface area contributed by atoms with Gasteiger partial charge in [-0.05, 0) is 47.3 Å². The topological polar surface area (TPSA) is 88.5 Å². The molecule has 2 aromatic carbocycles. The maximum absolute atomic E-state index is 12.1. The Balaban J connectivity index is 1.79. The predicted molar refractivity (Wildman–Crippen MR) is 103 cm³/mol. The summed E-state index contributed by atoms with van der Waals surface area (Å²) in [6.45, 7) is 0.0409. The zero-order chi connectivity index (χ0) is 19.4. The Morgan fingerprint density at radius 1 is 1.11 bits per heavy atom. The van der Waals surface area contributed by atoms with Gasteiger partial charge in [-0.15, -0.1) is 0 Å². The molecular weight excluding hydrogens is 391 g/mol. The molecule has 1 amide bonds. The minimum Gasteiger partial charge on any atom is -0.483 e. The molecule has 0 bridgehead atoms.